The van der Waals surface area contributed by atoms with E-state index in [-0.39, 0.29) is 0 Å². The zero-order chi connectivity index (χ0) is 11.2. The number of hydrogen-bond donors (Lipinski definition) is 1. The van der Waals surface area contributed by atoms with Crippen LogP contribution in [-0.4, -0.2) is 6.04 Å². The van der Waals surface area contributed by atoms with Crippen molar-refractivity contribution >= 4 is 15.9 Å². The molecule has 0 heterocycles. The van der Waals surface area contributed by atoms with Gasteiger partial charge >= 0.3 is 0 Å². The summed E-state index contributed by atoms with van der Waals surface area (Å²) in [7, 11) is 0. The summed E-state index contributed by atoms with van der Waals surface area (Å²) in [6, 6.07) is 7.23. The van der Waals surface area contributed by atoms with Gasteiger partial charge in [-0.3, -0.25) is 0 Å². The van der Waals surface area contributed by atoms with E-state index in [0.717, 1.165) is 0 Å². The summed E-state index contributed by atoms with van der Waals surface area (Å²) in [5.74, 6) is 0. The monoisotopic (exact) mass is 279 g/mol. The molecule has 86 valence electrons. The van der Waals surface area contributed by atoms with Crippen molar-refractivity contribution in [3.8, 4) is 0 Å². The lowest BCUT2D eigenvalue weighted by atomic mass is 9.71. The lowest BCUT2D eigenvalue weighted by molar-refractivity contribution is 0.187. The number of nitrogens with two attached hydrogens (primary N) is 1. The van der Waals surface area contributed by atoms with Crippen LogP contribution in [0.3, 0.4) is 0 Å². The Bertz CT molecular complexity index is 405. The first-order valence-corrected chi connectivity index (χ1v) is 6.99. The van der Waals surface area contributed by atoms with Crippen molar-refractivity contribution in [3.05, 3.63) is 33.8 Å². The Morgan fingerprint density at radius 3 is 2.56 bits per heavy atom. The Morgan fingerprint density at radius 1 is 1.12 bits per heavy atom. The molecule has 2 heteroatoms. The quantitative estimate of drug-likeness (QED) is 0.774. The second kappa shape index (κ2) is 3.85. The Hall–Kier alpha value is -0.340. The minimum atomic E-state index is 0.459. The van der Waals surface area contributed by atoms with Gasteiger partial charge in [0.05, 0.1) is 0 Å². The van der Waals surface area contributed by atoms with Crippen LogP contribution in [0, 0.1) is 5.41 Å². The fraction of sp³-hybridized carbons (Fsp3) is 0.571. The highest BCUT2D eigenvalue weighted by atomic mass is 79.9. The van der Waals surface area contributed by atoms with Crippen LogP contribution in [0.1, 0.15) is 36.8 Å². The first kappa shape index (κ1) is 10.8. The molecule has 16 heavy (non-hydrogen) atoms. The van der Waals surface area contributed by atoms with Gasteiger partial charge in [-0.2, -0.15) is 0 Å². The van der Waals surface area contributed by atoms with Crippen molar-refractivity contribution in [1.82, 2.24) is 0 Å². The molecule has 0 radical (unpaired) electrons. The van der Waals surface area contributed by atoms with Crippen molar-refractivity contribution < 1.29 is 0 Å². The van der Waals surface area contributed by atoms with Crippen molar-refractivity contribution in [2.45, 2.75) is 44.6 Å². The summed E-state index contributed by atoms with van der Waals surface area (Å²) >= 11 is 3.57. The highest BCUT2D eigenvalue weighted by Gasteiger charge is 2.39. The SMILES string of the molecule is NC1CCC2(CC1)Cc1ccc(Br)cc1C2. The van der Waals surface area contributed by atoms with Crippen LogP contribution in [0.15, 0.2) is 22.7 Å². The normalized spacial score (nSPS) is 33.0. The number of halogens is 1. The van der Waals surface area contributed by atoms with Gasteiger partial charge < -0.3 is 5.73 Å². The first-order chi connectivity index (χ1) is 7.67. The summed E-state index contributed by atoms with van der Waals surface area (Å²) < 4.78 is 1.22. The Balaban J connectivity index is 1.84. The maximum absolute atomic E-state index is 6.01. The van der Waals surface area contributed by atoms with Crippen molar-refractivity contribution in [2.75, 3.05) is 0 Å². The molecule has 1 aromatic carbocycles. The molecule has 2 N–H and O–H groups in total. The molecule has 0 saturated heterocycles. The van der Waals surface area contributed by atoms with Gasteiger partial charge in [0.25, 0.3) is 0 Å². The largest absolute Gasteiger partial charge is 0.328 e. The molecule has 1 saturated carbocycles. The molecule has 0 aliphatic heterocycles. The molecule has 0 amide bonds. The second-order valence-electron chi connectivity index (χ2n) is 5.60. The molecule has 0 atom stereocenters. The number of fused-ring (bicyclic) bond motifs is 1. The third kappa shape index (κ3) is 1.82. The summed E-state index contributed by atoms with van der Waals surface area (Å²) in [6.45, 7) is 0. The molecule has 0 unspecified atom stereocenters. The molecule has 1 nitrogen and oxygen atoms in total. The molecule has 3 rings (SSSR count). The van der Waals surface area contributed by atoms with Gasteiger partial charge in [0, 0.05) is 10.5 Å². The number of hydrogen-bond acceptors (Lipinski definition) is 1. The van der Waals surface area contributed by atoms with Gasteiger partial charge in [-0.25, -0.2) is 0 Å². The minimum absolute atomic E-state index is 0.459. The van der Waals surface area contributed by atoms with Crippen LogP contribution in [-0.2, 0) is 12.8 Å². The lowest BCUT2D eigenvalue weighted by Crippen LogP contribution is -2.34. The van der Waals surface area contributed by atoms with E-state index < -0.39 is 0 Å². The fourth-order valence-corrected chi connectivity index (χ4v) is 3.82. The van der Waals surface area contributed by atoms with Gasteiger partial charge in [0.15, 0.2) is 0 Å². The summed E-state index contributed by atoms with van der Waals surface area (Å²) in [6.07, 6.45) is 7.63. The van der Waals surface area contributed by atoms with Crippen LogP contribution in [0.5, 0.6) is 0 Å². The second-order valence-corrected chi connectivity index (χ2v) is 6.52. The lowest BCUT2D eigenvalue weighted by Gasteiger charge is -2.36. The maximum Gasteiger partial charge on any atom is 0.0178 e. The van der Waals surface area contributed by atoms with Gasteiger partial charge in [-0.15, -0.1) is 0 Å². The fourth-order valence-electron chi connectivity index (χ4n) is 3.41. The topological polar surface area (TPSA) is 26.0 Å². The Kier molecular flexibility index (Phi) is 2.60. The van der Waals surface area contributed by atoms with Gasteiger partial charge in [0.2, 0.25) is 0 Å². The van der Waals surface area contributed by atoms with Crippen molar-refractivity contribution in [3.63, 3.8) is 0 Å². The Labute approximate surface area is 106 Å². The van der Waals surface area contributed by atoms with E-state index in [4.69, 9.17) is 5.73 Å². The van der Waals surface area contributed by atoms with E-state index in [2.05, 4.69) is 34.1 Å². The molecule has 2 aliphatic carbocycles. The van der Waals surface area contributed by atoms with Gasteiger partial charge in [0.1, 0.15) is 0 Å². The zero-order valence-corrected chi connectivity index (χ0v) is 11.1. The van der Waals surface area contributed by atoms with Gasteiger partial charge in [-0.1, -0.05) is 22.0 Å². The highest BCUT2D eigenvalue weighted by molar-refractivity contribution is 9.10. The van der Waals surface area contributed by atoms with Crippen molar-refractivity contribution in [2.24, 2.45) is 11.1 Å². The van der Waals surface area contributed by atoms with E-state index in [1.54, 1.807) is 11.1 Å². The van der Waals surface area contributed by atoms with E-state index >= 15 is 0 Å². The average Bonchev–Trinajstić information content (AvgIpc) is 2.60. The van der Waals surface area contributed by atoms with Crippen LogP contribution in [0.2, 0.25) is 0 Å². The zero-order valence-electron chi connectivity index (χ0n) is 9.51. The van der Waals surface area contributed by atoms with Crippen LogP contribution in [0.25, 0.3) is 0 Å². The molecule has 1 aromatic rings. The maximum atomic E-state index is 6.01. The molecule has 1 spiro atoms. The van der Waals surface area contributed by atoms with E-state index in [1.165, 1.54) is 43.0 Å². The number of rotatable bonds is 0. The molecular weight excluding hydrogens is 262 g/mol. The molecule has 1 fully saturated rings. The molecule has 0 aromatic heterocycles. The molecule has 0 bridgehead atoms. The standard InChI is InChI=1S/C14H18BrN/c15-12-2-1-10-8-14(9-11(10)7-12)5-3-13(16)4-6-14/h1-2,7,13H,3-6,8-9,16H2. The minimum Gasteiger partial charge on any atom is -0.328 e. The van der Waals surface area contributed by atoms with E-state index in [9.17, 15) is 0 Å². The van der Waals surface area contributed by atoms with Gasteiger partial charge in [-0.05, 0) is 67.2 Å². The van der Waals surface area contributed by atoms with Crippen LogP contribution in [0.4, 0.5) is 0 Å². The van der Waals surface area contributed by atoms with Crippen molar-refractivity contribution in [1.29, 1.82) is 0 Å². The predicted octanol–water partition coefficient (Wildman–Crippen LogP) is 3.44. The molecular formula is C14H18BrN. The average molecular weight is 280 g/mol. The molecule has 2 aliphatic rings. The van der Waals surface area contributed by atoms with Crippen LogP contribution >= 0.6 is 15.9 Å². The number of benzene rings is 1. The van der Waals surface area contributed by atoms with E-state index in [1.807, 2.05) is 0 Å². The van der Waals surface area contributed by atoms with Crippen LogP contribution < -0.4 is 5.73 Å². The Morgan fingerprint density at radius 2 is 1.81 bits per heavy atom. The third-order valence-corrected chi connectivity index (χ3v) is 4.88. The summed E-state index contributed by atoms with van der Waals surface area (Å²) in [4.78, 5) is 0. The summed E-state index contributed by atoms with van der Waals surface area (Å²) in [5.41, 5.74) is 9.69. The smallest absolute Gasteiger partial charge is 0.0178 e. The summed E-state index contributed by atoms with van der Waals surface area (Å²) in [5, 5.41) is 0. The van der Waals surface area contributed by atoms with E-state index in [0.29, 0.717) is 11.5 Å². The predicted molar refractivity (Wildman–Crippen MR) is 70.4 cm³/mol. The first-order valence-electron chi connectivity index (χ1n) is 6.20. The third-order valence-electron chi connectivity index (χ3n) is 4.39. The highest BCUT2D eigenvalue weighted by Crippen LogP contribution is 2.47.